The van der Waals surface area contributed by atoms with Crippen LogP contribution < -0.4 is 5.32 Å². The Morgan fingerprint density at radius 3 is 2.33 bits per heavy atom. The maximum Gasteiger partial charge on any atom is 0.325 e. The van der Waals surface area contributed by atoms with Gasteiger partial charge in [-0.1, -0.05) is 19.1 Å². The Hall–Kier alpha value is -1.91. The largest absolute Gasteiger partial charge is 0.480 e. The van der Waals surface area contributed by atoms with Crippen molar-refractivity contribution < 1.29 is 19.1 Å². The lowest BCUT2D eigenvalue weighted by Crippen LogP contribution is -2.38. The molecule has 1 amide bonds. The molecule has 2 atom stereocenters. The first-order valence-corrected chi connectivity index (χ1v) is 5.67. The average molecular weight is 253 g/mol. The van der Waals surface area contributed by atoms with E-state index in [4.69, 9.17) is 5.11 Å². The van der Waals surface area contributed by atoms with Gasteiger partial charge in [0.1, 0.15) is 11.9 Å². The number of carboxylic acid groups (broad SMARTS) is 1. The Labute approximate surface area is 105 Å². The van der Waals surface area contributed by atoms with Gasteiger partial charge in [0.15, 0.2) is 0 Å². The van der Waals surface area contributed by atoms with E-state index in [0.29, 0.717) is 0 Å². The molecule has 1 aromatic carbocycles. The average Bonchev–Trinajstić information content (AvgIpc) is 2.29. The van der Waals surface area contributed by atoms with E-state index < -0.39 is 12.0 Å². The zero-order chi connectivity index (χ0) is 13.7. The number of carbonyl (C=O) groups excluding carboxylic acids is 1. The lowest BCUT2D eigenvalue weighted by Gasteiger charge is -2.14. The third-order valence-electron chi connectivity index (χ3n) is 2.68. The van der Waals surface area contributed by atoms with E-state index >= 15 is 0 Å². The molecule has 0 aliphatic heterocycles. The molecule has 0 radical (unpaired) electrons. The quantitative estimate of drug-likeness (QED) is 0.842. The number of aliphatic carboxylic acids is 1. The summed E-state index contributed by atoms with van der Waals surface area (Å²) in [7, 11) is 0. The Morgan fingerprint density at radius 1 is 1.28 bits per heavy atom. The van der Waals surface area contributed by atoms with E-state index in [0.717, 1.165) is 5.56 Å². The number of halogens is 1. The normalized spacial score (nSPS) is 13.7. The highest BCUT2D eigenvalue weighted by molar-refractivity contribution is 5.83. The minimum Gasteiger partial charge on any atom is -0.480 e. The minimum absolute atomic E-state index is 0.0911. The molecule has 98 valence electrons. The van der Waals surface area contributed by atoms with Crippen molar-refractivity contribution in [3.63, 3.8) is 0 Å². The molecule has 0 heterocycles. The second-order valence-electron chi connectivity index (χ2n) is 4.28. The predicted octanol–water partition coefficient (Wildman–Crippen LogP) is 1.91. The van der Waals surface area contributed by atoms with Crippen LogP contribution in [0.25, 0.3) is 0 Å². The molecule has 1 rings (SSSR count). The Kier molecular flexibility index (Phi) is 4.83. The summed E-state index contributed by atoms with van der Waals surface area (Å²) < 4.78 is 12.7. The van der Waals surface area contributed by atoms with E-state index in [-0.39, 0.29) is 24.1 Å². The summed E-state index contributed by atoms with van der Waals surface area (Å²) in [6.07, 6.45) is 0.170. The fourth-order valence-corrected chi connectivity index (χ4v) is 1.55. The first kappa shape index (κ1) is 14.2. The number of carboxylic acids is 1. The van der Waals surface area contributed by atoms with Gasteiger partial charge in [-0.3, -0.25) is 9.59 Å². The van der Waals surface area contributed by atoms with E-state index in [9.17, 15) is 14.0 Å². The van der Waals surface area contributed by atoms with E-state index in [2.05, 4.69) is 5.32 Å². The van der Waals surface area contributed by atoms with Crippen LogP contribution >= 0.6 is 0 Å². The highest BCUT2D eigenvalue weighted by Gasteiger charge is 2.16. The zero-order valence-electron chi connectivity index (χ0n) is 10.3. The van der Waals surface area contributed by atoms with Crippen molar-refractivity contribution in [3.8, 4) is 0 Å². The maximum absolute atomic E-state index is 12.7. The molecule has 0 aromatic heterocycles. The van der Waals surface area contributed by atoms with Gasteiger partial charge in [-0.2, -0.15) is 0 Å². The van der Waals surface area contributed by atoms with E-state index in [1.807, 2.05) is 6.92 Å². The molecule has 0 bridgehead atoms. The van der Waals surface area contributed by atoms with E-state index in [1.54, 1.807) is 12.1 Å². The standard InChI is InChI=1S/C13H16FNO3/c1-8(10-3-5-11(14)6-4-10)7-12(16)15-9(2)13(17)18/h3-6,8-9H,7H2,1-2H3,(H,15,16)(H,17,18)/t8?,9-/m1/s1. The van der Waals surface area contributed by atoms with Gasteiger partial charge in [0.2, 0.25) is 5.91 Å². The van der Waals surface area contributed by atoms with Crippen molar-refractivity contribution in [1.29, 1.82) is 0 Å². The van der Waals surface area contributed by atoms with Gasteiger partial charge in [-0.15, -0.1) is 0 Å². The maximum atomic E-state index is 12.7. The second-order valence-corrected chi connectivity index (χ2v) is 4.28. The topological polar surface area (TPSA) is 66.4 Å². The minimum atomic E-state index is -1.07. The SMILES string of the molecule is CC(CC(=O)N[C@H](C)C(=O)O)c1ccc(F)cc1. The molecule has 18 heavy (non-hydrogen) atoms. The summed E-state index contributed by atoms with van der Waals surface area (Å²) in [5.74, 6) is -1.82. The first-order valence-electron chi connectivity index (χ1n) is 5.67. The van der Waals surface area contributed by atoms with Gasteiger partial charge in [-0.05, 0) is 30.5 Å². The summed E-state index contributed by atoms with van der Waals surface area (Å²) in [5, 5.41) is 11.0. The Balaban J connectivity index is 2.54. The summed E-state index contributed by atoms with van der Waals surface area (Å²) >= 11 is 0. The van der Waals surface area contributed by atoms with E-state index in [1.165, 1.54) is 19.1 Å². The van der Waals surface area contributed by atoms with Crippen LogP contribution in [0.3, 0.4) is 0 Å². The number of carbonyl (C=O) groups is 2. The number of nitrogens with one attached hydrogen (secondary N) is 1. The summed E-state index contributed by atoms with van der Waals surface area (Å²) in [6, 6.07) is 5.01. The lowest BCUT2D eigenvalue weighted by atomic mass is 9.97. The van der Waals surface area contributed by atoms with Gasteiger partial charge in [0, 0.05) is 6.42 Å². The van der Waals surface area contributed by atoms with Crippen molar-refractivity contribution in [2.24, 2.45) is 0 Å². The molecule has 1 aromatic rings. The molecule has 0 spiro atoms. The van der Waals surface area contributed by atoms with Crippen LogP contribution in [0, 0.1) is 5.82 Å². The molecule has 0 saturated carbocycles. The van der Waals surface area contributed by atoms with Crippen LogP contribution in [-0.2, 0) is 9.59 Å². The van der Waals surface area contributed by atoms with Crippen molar-refractivity contribution in [3.05, 3.63) is 35.6 Å². The summed E-state index contributed by atoms with van der Waals surface area (Å²) in [6.45, 7) is 3.24. The molecule has 2 N–H and O–H groups in total. The molecule has 5 heteroatoms. The number of hydrogen-bond acceptors (Lipinski definition) is 2. The number of rotatable bonds is 5. The summed E-state index contributed by atoms with van der Waals surface area (Å²) in [5.41, 5.74) is 0.842. The fourth-order valence-electron chi connectivity index (χ4n) is 1.55. The van der Waals surface area contributed by atoms with Crippen LogP contribution in [-0.4, -0.2) is 23.0 Å². The summed E-state index contributed by atoms with van der Waals surface area (Å²) in [4.78, 5) is 22.1. The van der Waals surface area contributed by atoms with Gasteiger partial charge < -0.3 is 10.4 Å². The molecule has 1 unspecified atom stereocenters. The second kappa shape index (κ2) is 6.14. The molecule has 0 fully saturated rings. The number of hydrogen-bond donors (Lipinski definition) is 2. The van der Waals surface area contributed by atoms with Crippen LogP contribution in [0.4, 0.5) is 4.39 Å². The highest BCUT2D eigenvalue weighted by atomic mass is 19.1. The van der Waals surface area contributed by atoms with Gasteiger partial charge in [-0.25, -0.2) is 4.39 Å². The molecule has 0 aliphatic rings. The monoisotopic (exact) mass is 253 g/mol. The third-order valence-corrected chi connectivity index (χ3v) is 2.68. The van der Waals surface area contributed by atoms with Gasteiger partial charge in [0.05, 0.1) is 0 Å². The third kappa shape index (κ3) is 4.16. The van der Waals surface area contributed by atoms with Crippen molar-refractivity contribution in [2.45, 2.75) is 32.2 Å². The van der Waals surface area contributed by atoms with Crippen LogP contribution in [0.15, 0.2) is 24.3 Å². The van der Waals surface area contributed by atoms with Crippen LogP contribution in [0.1, 0.15) is 31.7 Å². The Bertz CT molecular complexity index is 430. The molecule has 4 nitrogen and oxygen atoms in total. The Morgan fingerprint density at radius 2 is 1.83 bits per heavy atom. The van der Waals surface area contributed by atoms with Crippen molar-refractivity contribution in [2.75, 3.05) is 0 Å². The first-order chi connectivity index (χ1) is 8.40. The molecule has 0 saturated heterocycles. The number of amides is 1. The molecular weight excluding hydrogens is 237 g/mol. The fraction of sp³-hybridized carbons (Fsp3) is 0.385. The van der Waals surface area contributed by atoms with Gasteiger partial charge >= 0.3 is 5.97 Å². The van der Waals surface area contributed by atoms with Crippen molar-refractivity contribution >= 4 is 11.9 Å². The predicted molar refractivity (Wildman–Crippen MR) is 64.7 cm³/mol. The molecular formula is C13H16FNO3. The number of benzene rings is 1. The smallest absolute Gasteiger partial charge is 0.325 e. The van der Waals surface area contributed by atoms with Crippen LogP contribution in [0.2, 0.25) is 0 Å². The van der Waals surface area contributed by atoms with Crippen LogP contribution in [0.5, 0.6) is 0 Å². The highest BCUT2D eigenvalue weighted by Crippen LogP contribution is 2.19. The zero-order valence-corrected chi connectivity index (χ0v) is 10.3. The van der Waals surface area contributed by atoms with Gasteiger partial charge in [0.25, 0.3) is 0 Å². The lowest BCUT2D eigenvalue weighted by molar-refractivity contribution is -0.141. The van der Waals surface area contributed by atoms with Crippen molar-refractivity contribution in [1.82, 2.24) is 5.32 Å². The molecule has 0 aliphatic carbocycles.